The summed E-state index contributed by atoms with van der Waals surface area (Å²) < 4.78 is 2.37. The average molecular weight is 548 g/mol. The number of rotatable bonds is 5. The molecule has 7 aromatic carbocycles. The third-order valence-corrected chi connectivity index (χ3v) is 8.38. The predicted octanol–water partition coefficient (Wildman–Crippen LogP) is 11.5. The fraction of sp³-hybridized carbons (Fsp3) is 0. The van der Waals surface area contributed by atoms with Crippen LogP contribution in [0.15, 0.2) is 176 Å². The maximum Gasteiger partial charge on any atom is 0.0541 e. The van der Waals surface area contributed by atoms with E-state index < -0.39 is 0 Å². The van der Waals surface area contributed by atoms with Crippen molar-refractivity contribution in [2.75, 3.05) is 0 Å². The second-order valence-electron chi connectivity index (χ2n) is 11.0. The number of nitrogens with zero attached hydrogens (tertiary/aromatic N) is 1. The van der Waals surface area contributed by atoms with Crippen molar-refractivity contribution >= 4 is 21.8 Å². The Balaban J connectivity index is 1.20. The molecule has 0 spiro atoms. The van der Waals surface area contributed by atoms with Crippen molar-refractivity contribution in [2.24, 2.45) is 0 Å². The summed E-state index contributed by atoms with van der Waals surface area (Å²) in [7, 11) is 0. The molecule has 0 radical (unpaired) electrons. The molecule has 8 rings (SSSR count). The molecule has 0 aliphatic heterocycles. The summed E-state index contributed by atoms with van der Waals surface area (Å²) in [5.74, 6) is 0. The molecule has 0 aliphatic carbocycles. The van der Waals surface area contributed by atoms with Crippen LogP contribution in [0.3, 0.4) is 0 Å². The molecule has 0 bridgehead atoms. The van der Waals surface area contributed by atoms with E-state index in [1.54, 1.807) is 0 Å². The first-order valence-electron chi connectivity index (χ1n) is 14.8. The first-order chi connectivity index (χ1) is 21.3. The summed E-state index contributed by atoms with van der Waals surface area (Å²) in [6.07, 6.45) is 0. The van der Waals surface area contributed by atoms with Gasteiger partial charge < -0.3 is 4.57 Å². The van der Waals surface area contributed by atoms with Gasteiger partial charge in [0.15, 0.2) is 0 Å². The Hall–Kier alpha value is -5.66. The van der Waals surface area contributed by atoms with E-state index >= 15 is 0 Å². The Morgan fingerprint density at radius 1 is 0.256 bits per heavy atom. The quantitative estimate of drug-likeness (QED) is 0.202. The van der Waals surface area contributed by atoms with Gasteiger partial charge >= 0.3 is 0 Å². The number of para-hydroxylation sites is 2. The lowest BCUT2D eigenvalue weighted by Crippen LogP contribution is -1.93. The molecule has 0 saturated carbocycles. The summed E-state index contributed by atoms with van der Waals surface area (Å²) in [5.41, 5.74) is 13.3. The van der Waals surface area contributed by atoms with Crippen LogP contribution >= 0.6 is 0 Å². The summed E-state index contributed by atoms with van der Waals surface area (Å²) in [5, 5.41) is 2.56. The van der Waals surface area contributed by atoms with Crippen molar-refractivity contribution in [3.05, 3.63) is 176 Å². The summed E-state index contributed by atoms with van der Waals surface area (Å²) >= 11 is 0. The lowest BCUT2D eigenvalue weighted by Gasteiger charge is -2.13. The van der Waals surface area contributed by atoms with E-state index in [1.807, 2.05) is 0 Å². The average Bonchev–Trinajstić information content (AvgIpc) is 3.43. The number of fused-ring (bicyclic) bond motifs is 3. The topological polar surface area (TPSA) is 4.93 Å². The first-order valence-corrected chi connectivity index (χ1v) is 14.8. The largest absolute Gasteiger partial charge is 0.309 e. The highest BCUT2D eigenvalue weighted by molar-refractivity contribution is 6.09. The van der Waals surface area contributed by atoms with Crippen molar-refractivity contribution in [3.63, 3.8) is 0 Å². The number of hydrogen-bond donors (Lipinski definition) is 0. The fourth-order valence-electron chi connectivity index (χ4n) is 6.27. The van der Waals surface area contributed by atoms with Gasteiger partial charge in [0.2, 0.25) is 0 Å². The minimum Gasteiger partial charge on any atom is -0.309 e. The van der Waals surface area contributed by atoms with E-state index in [-0.39, 0.29) is 0 Å². The molecule has 43 heavy (non-hydrogen) atoms. The molecule has 202 valence electrons. The first kappa shape index (κ1) is 25.1. The van der Waals surface area contributed by atoms with Crippen LogP contribution in [-0.2, 0) is 0 Å². The van der Waals surface area contributed by atoms with Crippen LogP contribution in [0.2, 0.25) is 0 Å². The molecule has 8 aromatic rings. The van der Waals surface area contributed by atoms with E-state index in [0.717, 1.165) is 0 Å². The molecule has 0 fully saturated rings. The maximum atomic E-state index is 2.37. The Bertz CT molecular complexity index is 2090. The van der Waals surface area contributed by atoms with Crippen LogP contribution in [0.4, 0.5) is 0 Å². The highest BCUT2D eigenvalue weighted by atomic mass is 15.0. The Morgan fingerprint density at radius 2 is 0.628 bits per heavy atom. The summed E-state index contributed by atoms with van der Waals surface area (Å²) in [4.78, 5) is 0. The second kappa shape index (κ2) is 10.6. The monoisotopic (exact) mass is 547 g/mol. The normalized spacial score (nSPS) is 11.3. The number of benzene rings is 7. The Kier molecular flexibility index (Phi) is 6.20. The lowest BCUT2D eigenvalue weighted by atomic mass is 9.92. The number of aromatic nitrogens is 1. The zero-order valence-corrected chi connectivity index (χ0v) is 23.7. The van der Waals surface area contributed by atoms with Gasteiger partial charge in [0.25, 0.3) is 0 Å². The molecule has 0 saturated heterocycles. The minimum absolute atomic E-state index is 1.17. The van der Waals surface area contributed by atoms with E-state index in [0.29, 0.717) is 0 Å². The molecular formula is C42H29N. The zero-order chi connectivity index (χ0) is 28.6. The molecule has 0 unspecified atom stereocenters. The smallest absolute Gasteiger partial charge is 0.0541 e. The van der Waals surface area contributed by atoms with Crippen LogP contribution in [-0.4, -0.2) is 4.57 Å². The molecule has 0 aliphatic rings. The van der Waals surface area contributed by atoms with E-state index in [4.69, 9.17) is 0 Å². The molecule has 0 atom stereocenters. The summed E-state index contributed by atoms with van der Waals surface area (Å²) in [6, 6.07) is 63.4. The van der Waals surface area contributed by atoms with Crippen LogP contribution in [0.5, 0.6) is 0 Å². The molecule has 1 nitrogen and oxygen atoms in total. The molecular weight excluding hydrogens is 518 g/mol. The van der Waals surface area contributed by atoms with E-state index in [1.165, 1.54) is 72.0 Å². The van der Waals surface area contributed by atoms with Crippen LogP contribution in [0.25, 0.3) is 72.0 Å². The van der Waals surface area contributed by atoms with Gasteiger partial charge in [-0.3, -0.25) is 0 Å². The molecule has 1 heterocycles. The van der Waals surface area contributed by atoms with Gasteiger partial charge in [-0.15, -0.1) is 0 Å². The highest BCUT2D eigenvalue weighted by Crippen LogP contribution is 2.36. The maximum absolute atomic E-state index is 2.37. The SMILES string of the molecule is c1ccc(-c2cc(-c3ccccc3)cc(-c3cccc(-c4ccc(-n5c6ccccc6c6ccccc65)cc4)c3)c2)cc1. The third-order valence-electron chi connectivity index (χ3n) is 8.38. The van der Waals surface area contributed by atoms with Gasteiger partial charge in [-0.25, -0.2) is 0 Å². The van der Waals surface area contributed by atoms with Crippen molar-refractivity contribution in [2.45, 2.75) is 0 Å². The Morgan fingerprint density at radius 3 is 1.16 bits per heavy atom. The van der Waals surface area contributed by atoms with Gasteiger partial charge in [0.05, 0.1) is 11.0 Å². The lowest BCUT2D eigenvalue weighted by molar-refractivity contribution is 1.18. The molecule has 1 aromatic heterocycles. The van der Waals surface area contributed by atoms with Gasteiger partial charge in [-0.2, -0.15) is 0 Å². The minimum atomic E-state index is 1.17. The predicted molar refractivity (Wildman–Crippen MR) is 183 cm³/mol. The van der Waals surface area contributed by atoms with Gasteiger partial charge in [-0.05, 0) is 93.0 Å². The fourth-order valence-corrected chi connectivity index (χ4v) is 6.27. The second-order valence-corrected chi connectivity index (χ2v) is 11.0. The van der Waals surface area contributed by atoms with E-state index in [9.17, 15) is 0 Å². The Labute approximate surface area is 251 Å². The molecule has 1 heteroatoms. The van der Waals surface area contributed by atoms with Crippen molar-refractivity contribution < 1.29 is 0 Å². The highest BCUT2D eigenvalue weighted by Gasteiger charge is 2.12. The van der Waals surface area contributed by atoms with Gasteiger partial charge in [0, 0.05) is 16.5 Å². The standard InChI is InChI=1S/C42H29N/c1-3-12-30(13-4-1)35-27-36(31-14-5-2-6-15-31)29-37(28-35)34-17-11-16-33(26-34)32-22-24-38(25-23-32)43-41-20-9-7-18-39(41)40-19-8-10-21-42(40)43/h1-29H. The third kappa shape index (κ3) is 4.62. The van der Waals surface area contributed by atoms with Crippen molar-refractivity contribution in [1.29, 1.82) is 0 Å². The van der Waals surface area contributed by atoms with Crippen molar-refractivity contribution in [1.82, 2.24) is 4.57 Å². The van der Waals surface area contributed by atoms with Crippen LogP contribution < -0.4 is 0 Å². The van der Waals surface area contributed by atoms with Crippen molar-refractivity contribution in [3.8, 4) is 50.2 Å². The molecule has 0 amide bonds. The van der Waals surface area contributed by atoms with Gasteiger partial charge in [-0.1, -0.05) is 127 Å². The van der Waals surface area contributed by atoms with Gasteiger partial charge in [0.1, 0.15) is 0 Å². The zero-order valence-electron chi connectivity index (χ0n) is 23.7. The number of hydrogen-bond acceptors (Lipinski definition) is 0. The van der Waals surface area contributed by atoms with Crippen LogP contribution in [0.1, 0.15) is 0 Å². The molecule has 0 N–H and O–H groups in total. The van der Waals surface area contributed by atoms with E-state index in [2.05, 4.69) is 180 Å². The summed E-state index contributed by atoms with van der Waals surface area (Å²) in [6.45, 7) is 0. The van der Waals surface area contributed by atoms with Crippen LogP contribution in [0, 0.1) is 0 Å².